The van der Waals surface area contributed by atoms with Crippen molar-refractivity contribution in [2.45, 2.75) is 277 Å². The summed E-state index contributed by atoms with van der Waals surface area (Å²) in [5.41, 5.74) is 0. The summed E-state index contributed by atoms with van der Waals surface area (Å²) in [6.07, 6.45) is 59.2. The number of unbranched alkanes of at least 4 members (excludes halogenated alkanes) is 27. The molecule has 0 aromatic rings. The molecule has 3 unspecified atom stereocenters. The third-order valence-corrected chi connectivity index (χ3v) is 13.4. The Morgan fingerprint density at radius 3 is 1.21 bits per heavy atom. The van der Waals surface area contributed by atoms with E-state index < -0.39 is 57.8 Å². The molecule has 11 nitrogen and oxygen atoms in total. The van der Waals surface area contributed by atoms with Crippen LogP contribution in [0.3, 0.4) is 0 Å². The maximum Gasteiger partial charge on any atom is 0.472 e. The normalized spacial score (nSPS) is 13.8. The molecule has 0 aliphatic rings. The van der Waals surface area contributed by atoms with Gasteiger partial charge in [-0.3, -0.25) is 23.4 Å². The van der Waals surface area contributed by atoms with E-state index in [2.05, 4.69) is 69.4 Å². The number of hydrogen-bond donors (Lipinski definition) is 2. The minimum absolute atomic E-state index is 0.0474. The Morgan fingerprint density at radius 2 is 0.750 bits per heavy atom. The molecule has 0 aliphatic heterocycles. The summed E-state index contributed by atoms with van der Waals surface area (Å²) >= 11 is 0. The molecule has 0 bridgehead atoms. The van der Waals surface area contributed by atoms with E-state index in [9.17, 15) is 28.9 Å². The van der Waals surface area contributed by atoms with Crippen molar-refractivity contribution < 1.29 is 52.2 Å². The first kappa shape index (κ1) is 69.2. The van der Waals surface area contributed by atoms with Gasteiger partial charge in [-0.2, -0.15) is 0 Å². The number of phosphoric ester groups is 1. The molecule has 0 aromatic heterocycles. The standard InChI is InChI=1S/C60H107O11P/c1-4-7-10-13-16-19-22-25-26-27-28-29-30-33-34-37-40-43-46-49-58(62)67-53-57(71-60(64)51-48-45-42-39-36-32-24-21-18-15-12-9-6-3)55-69-72(65,66)68-54-56(52-61)70-59(63)50-47-44-41-38-35-31-23-20-17-14-11-8-5-2/h9,12,18,20-21,23,32,36,42,45,56-57,61H,4-8,10-11,13-17,19,22,24-31,33-35,37-41,43-44,46-55H2,1-3H3,(H,65,66)/b12-9-,21-18-,23-20-,36-32-,45-42-. The predicted molar refractivity (Wildman–Crippen MR) is 298 cm³/mol. The van der Waals surface area contributed by atoms with Crippen molar-refractivity contribution in [1.82, 2.24) is 0 Å². The molecule has 0 aromatic carbocycles. The molecule has 0 saturated carbocycles. The maximum atomic E-state index is 12.9. The highest BCUT2D eigenvalue weighted by Gasteiger charge is 2.28. The number of aliphatic hydroxyl groups is 1. The molecule has 418 valence electrons. The number of esters is 3. The van der Waals surface area contributed by atoms with Gasteiger partial charge in [0.15, 0.2) is 6.10 Å². The van der Waals surface area contributed by atoms with E-state index in [1.165, 1.54) is 122 Å². The van der Waals surface area contributed by atoms with Crippen molar-refractivity contribution in [2.24, 2.45) is 0 Å². The average molecular weight is 1040 g/mol. The lowest BCUT2D eigenvalue weighted by atomic mass is 10.0. The zero-order valence-electron chi connectivity index (χ0n) is 46.1. The zero-order chi connectivity index (χ0) is 52.7. The van der Waals surface area contributed by atoms with Gasteiger partial charge in [-0.15, -0.1) is 0 Å². The minimum atomic E-state index is -4.76. The lowest BCUT2D eigenvalue weighted by Crippen LogP contribution is -2.30. The summed E-state index contributed by atoms with van der Waals surface area (Å²) in [6.45, 7) is 4.45. The van der Waals surface area contributed by atoms with Crippen LogP contribution in [0.1, 0.15) is 265 Å². The Morgan fingerprint density at radius 1 is 0.403 bits per heavy atom. The molecule has 0 aliphatic carbocycles. The second-order valence-corrected chi connectivity index (χ2v) is 20.9. The van der Waals surface area contributed by atoms with Crippen LogP contribution in [0.5, 0.6) is 0 Å². The minimum Gasteiger partial charge on any atom is -0.462 e. The maximum absolute atomic E-state index is 12.9. The van der Waals surface area contributed by atoms with Crippen LogP contribution in [0.2, 0.25) is 0 Å². The van der Waals surface area contributed by atoms with E-state index in [0.717, 1.165) is 83.5 Å². The molecule has 0 rings (SSSR count). The molecule has 3 atom stereocenters. The van der Waals surface area contributed by atoms with E-state index in [-0.39, 0.29) is 25.9 Å². The summed E-state index contributed by atoms with van der Waals surface area (Å²) in [6, 6.07) is 0. The monoisotopic (exact) mass is 1030 g/mol. The Balaban J connectivity index is 4.72. The van der Waals surface area contributed by atoms with Gasteiger partial charge in [0.2, 0.25) is 0 Å². The fourth-order valence-electron chi connectivity index (χ4n) is 8.01. The number of rotatable bonds is 54. The molecule has 0 heterocycles. The van der Waals surface area contributed by atoms with Crippen LogP contribution in [-0.2, 0) is 42.2 Å². The van der Waals surface area contributed by atoms with Gasteiger partial charge in [0.05, 0.1) is 19.8 Å². The molecule has 0 spiro atoms. The van der Waals surface area contributed by atoms with Crippen molar-refractivity contribution in [3.05, 3.63) is 60.8 Å². The number of ether oxygens (including phenoxy) is 3. The van der Waals surface area contributed by atoms with Gasteiger partial charge in [0.25, 0.3) is 0 Å². The summed E-state index contributed by atoms with van der Waals surface area (Å²) < 4.78 is 39.4. The van der Waals surface area contributed by atoms with Gasteiger partial charge in [-0.1, -0.05) is 236 Å². The van der Waals surface area contributed by atoms with Crippen molar-refractivity contribution in [3.63, 3.8) is 0 Å². The summed E-state index contributed by atoms with van der Waals surface area (Å²) in [5, 5.41) is 9.80. The van der Waals surface area contributed by atoms with Crippen LogP contribution >= 0.6 is 7.82 Å². The molecule has 12 heteroatoms. The van der Waals surface area contributed by atoms with Crippen LogP contribution in [0.4, 0.5) is 0 Å². The first-order valence-corrected chi connectivity index (χ1v) is 30.7. The van der Waals surface area contributed by atoms with Gasteiger partial charge in [0, 0.05) is 19.3 Å². The van der Waals surface area contributed by atoms with Crippen molar-refractivity contribution in [1.29, 1.82) is 0 Å². The second-order valence-electron chi connectivity index (χ2n) is 19.4. The largest absolute Gasteiger partial charge is 0.472 e. The molecule has 72 heavy (non-hydrogen) atoms. The molecule has 0 radical (unpaired) electrons. The quantitative estimate of drug-likeness (QED) is 0.0197. The van der Waals surface area contributed by atoms with E-state index in [1.807, 2.05) is 12.2 Å². The van der Waals surface area contributed by atoms with Crippen LogP contribution in [0.15, 0.2) is 60.8 Å². The topological polar surface area (TPSA) is 155 Å². The van der Waals surface area contributed by atoms with Gasteiger partial charge in [-0.05, 0) is 70.6 Å². The molecular formula is C60H107O11P. The van der Waals surface area contributed by atoms with Crippen molar-refractivity contribution in [2.75, 3.05) is 26.4 Å². The number of phosphoric acid groups is 1. The van der Waals surface area contributed by atoms with Crippen molar-refractivity contribution >= 4 is 25.7 Å². The second kappa shape index (κ2) is 54.4. The zero-order valence-corrected chi connectivity index (χ0v) is 47.0. The van der Waals surface area contributed by atoms with Gasteiger partial charge < -0.3 is 24.2 Å². The Kier molecular flexibility index (Phi) is 52.3. The molecule has 2 N–H and O–H groups in total. The van der Waals surface area contributed by atoms with Gasteiger partial charge in [0.1, 0.15) is 12.7 Å². The molecule has 0 saturated heterocycles. The van der Waals surface area contributed by atoms with E-state index >= 15 is 0 Å². The van der Waals surface area contributed by atoms with E-state index in [1.54, 1.807) is 0 Å². The molecule has 0 amide bonds. The van der Waals surface area contributed by atoms with Crippen LogP contribution in [0, 0.1) is 0 Å². The van der Waals surface area contributed by atoms with Crippen molar-refractivity contribution in [3.8, 4) is 0 Å². The Hall–Kier alpha value is -2.82. The Labute approximate surface area is 440 Å². The highest BCUT2D eigenvalue weighted by molar-refractivity contribution is 7.47. The number of allylic oxidation sites excluding steroid dienone is 10. The first-order chi connectivity index (χ1) is 35.2. The summed E-state index contributed by atoms with van der Waals surface area (Å²) in [4.78, 5) is 48.4. The smallest absolute Gasteiger partial charge is 0.462 e. The highest BCUT2D eigenvalue weighted by Crippen LogP contribution is 2.43. The first-order valence-electron chi connectivity index (χ1n) is 29.2. The van der Waals surface area contributed by atoms with Gasteiger partial charge in [-0.25, -0.2) is 4.57 Å². The fraction of sp³-hybridized carbons (Fsp3) is 0.783. The highest BCUT2D eigenvalue weighted by atomic mass is 31.2. The number of aliphatic hydroxyl groups excluding tert-OH is 1. The third kappa shape index (κ3) is 52.1. The molecular weight excluding hydrogens is 928 g/mol. The lowest BCUT2D eigenvalue weighted by molar-refractivity contribution is -0.161. The van der Waals surface area contributed by atoms with Crippen LogP contribution in [0.25, 0.3) is 0 Å². The summed E-state index contributed by atoms with van der Waals surface area (Å²) in [7, 11) is -4.76. The number of carbonyl (C=O) groups is 3. The molecule has 0 fully saturated rings. The van der Waals surface area contributed by atoms with Crippen LogP contribution < -0.4 is 0 Å². The Bertz CT molecular complexity index is 1440. The third-order valence-electron chi connectivity index (χ3n) is 12.4. The van der Waals surface area contributed by atoms with Gasteiger partial charge >= 0.3 is 25.7 Å². The SMILES string of the molecule is CC/C=C\C/C=C\C/C=C\C/C=C\CCC(=O)OC(COC(=O)CCCCCCCCCCCCCCCCCCCCC)COP(=O)(O)OCC(CO)OC(=O)CCCCCCC/C=C\CCCCCC. The lowest BCUT2D eigenvalue weighted by Gasteiger charge is -2.21. The fourth-order valence-corrected chi connectivity index (χ4v) is 8.80. The van der Waals surface area contributed by atoms with Crippen LogP contribution in [-0.4, -0.2) is 66.5 Å². The average Bonchev–Trinajstić information content (AvgIpc) is 3.37. The number of carbonyl (C=O) groups excluding carboxylic acids is 3. The summed E-state index contributed by atoms with van der Waals surface area (Å²) in [5.74, 6) is -1.56. The van der Waals surface area contributed by atoms with E-state index in [0.29, 0.717) is 19.3 Å². The predicted octanol–water partition coefficient (Wildman–Crippen LogP) is 17.1. The number of hydrogen-bond acceptors (Lipinski definition) is 10. The van der Waals surface area contributed by atoms with E-state index in [4.69, 9.17) is 23.3 Å².